The quantitative estimate of drug-likeness (QED) is 0.804. The Balaban J connectivity index is 1.39. The minimum Gasteiger partial charge on any atom is -0.353 e. The summed E-state index contributed by atoms with van der Waals surface area (Å²) in [5.74, 6) is 0.723. The average molecular weight is 380 g/mol. The summed E-state index contributed by atoms with van der Waals surface area (Å²) < 4.78 is 0. The van der Waals surface area contributed by atoms with E-state index in [1.165, 1.54) is 11.9 Å². The van der Waals surface area contributed by atoms with Gasteiger partial charge in [0.1, 0.15) is 0 Å². The molecule has 0 spiro atoms. The van der Waals surface area contributed by atoms with E-state index in [1.54, 1.807) is 11.9 Å². The Hall–Kier alpha value is -3.00. The van der Waals surface area contributed by atoms with Gasteiger partial charge in [0, 0.05) is 45.8 Å². The van der Waals surface area contributed by atoms with E-state index < -0.39 is 0 Å². The molecule has 8 nitrogen and oxygen atoms in total. The van der Waals surface area contributed by atoms with Crippen LogP contribution in [0.2, 0.25) is 0 Å². The molecule has 3 heterocycles. The molecule has 3 amide bonds. The smallest absolute Gasteiger partial charge is 0.327 e. The van der Waals surface area contributed by atoms with E-state index in [0.29, 0.717) is 6.42 Å². The third-order valence-corrected chi connectivity index (χ3v) is 5.55. The standard InChI is InChI=1S/C20H24N6O2/c1-23-18(14-19(27)24(2)20(23)28)26-12-10-25(11-13-26)17-9-8-16(21-22-17)15-6-4-3-5-7-15/h3-9,18H,10-14H2,1-2H3. The summed E-state index contributed by atoms with van der Waals surface area (Å²) in [4.78, 5) is 31.5. The van der Waals surface area contributed by atoms with Crippen LogP contribution in [0.5, 0.6) is 0 Å². The second-order valence-electron chi connectivity index (χ2n) is 7.20. The SMILES string of the molecule is CN1C(=O)CC(N2CCN(c3ccc(-c4ccccc4)nn3)CC2)N(C)C1=O. The molecular weight excluding hydrogens is 356 g/mol. The molecule has 2 aromatic rings. The summed E-state index contributed by atoms with van der Waals surface area (Å²) in [6.45, 7) is 3.09. The molecular formula is C20H24N6O2. The number of urea groups is 1. The van der Waals surface area contributed by atoms with Gasteiger partial charge in [-0.15, -0.1) is 10.2 Å². The normalized spacial score (nSPS) is 21.4. The van der Waals surface area contributed by atoms with Crippen molar-refractivity contribution in [3.8, 4) is 11.3 Å². The maximum Gasteiger partial charge on any atom is 0.327 e. The zero-order valence-corrected chi connectivity index (χ0v) is 16.2. The Labute approximate surface area is 164 Å². The van der Waals surface area contributed by atoms with Gasteiger partial charge in [-0.3, -0.25) is 14.6 Å². The highest BCUT2D eigenvalue weighted by Crippen LogP contribution is 2.22. The molecule has 0 N–H and O–H groups in total. The maximum atomic E-state index is 12.2. The number of anilines is 1. The molecule has 1 atom stereocenters. The minimum atomic E-state index is -0.244. The van der Waals surface area contributed by atoms with Gasteiger partial charge < -0.3 is 9.80 Å². The Morgan fingerprint density at radius 3 is 2.25 bits per heavy atom. The number of hydrogen-bond donors (Lipinski definition) is 0. The maximum absolute atomic E-state index is 12.2. The van der Waals surface area contributed by atoms with Crippen LogP contribution in [-0.2, 0) is 4.79 Å². The monoisotopic (exact) mass is 380 g/mol. The van der Waals surface area contributed by atoms with Gasteiger partial charge in [-0.05, 0) is 12.1 Å². The fraction of sp³-hybridized carbons (Fsp3) is 0.400. The number of imide groups is 1. The molecule has 1 aromatic carbocycles. The molecule has 0 radical (unpaired) electrons. The molecule has 28 heavy (non-hydrogen) atoms. The van der Waals surface area contributed by atoms with Gasteiger partial charge in [0.05, 0.1) is 18.3 Å². The van der Waals surface area contributed by atoms with Crippen molar-refractivity contribution < 1.29 is 9.59 Å². The van der Waals surface area contributed by atoms with Crippen molar-refractivity contribution in [1.29, 1.82) is 0 Å². The van der Waals surface area contributed by atoms with Gasteiger partial charge >= 0.3 is 6.03 Å². The van der Waals surface area contributed by atoms with Crippen molar-refractivity contribution in [1.82, 2.24) is 24.9 Å². The lowest BCUT2D eigenvalue weighted by Gasteiger charge is -2.45. The summed E-state index contributed by atoms with van der Waals surface area (Å²) in [5, 5.41) is 8.76. The molecule has 146 valence electrons. The second kappa shape index (κ2) is 7.55. The second-order valence-corrected chi connectivity index (χ2v) is 7.20. The van der Waals surface area contributed by atoms with Gasteiger partial charge in [-0.25, -0.2) is 4.79 Å². The topological polar surface area (TPSA) is 72.9 Å². The largest absolute Gasteiger partial charge is 0.353 e. The first kappa shape index (κ1) is 18.4. The number of carbonyl (C=O) groups is 2. The molecule has 2 aliphatic heterocycles. The van der Waals surface area contributed by atoms with Crippen LogP contribution in [0.25, 0.3) is 11.3 Å². The summed E-state index contributed by atoms with van der Waals surface area (Å²) in [6.07, 6.45) is 0.162. The van der Waals surface area contributed by atoms with Crippen molar-refractivity contribution in [2.75, 3.05) is 45.2 Å². The molecule has 8 heteroatoms. The predicted octanol–water partition coefficient (Wildman–Crippen LogP) is 1.51. The Kier molecular flexibility index (Phi) is 4.95. The third-order valence-electron chi connectivity index (χ3n) is 5.55. The first-order chi connectivity index (χ1) is 13.5. The summed E-state index contributed by atoms with van der Waals surface area (Å²) in [6, 6.07) is 13.7. The molecule has 2 aliphatic rings. The highest BCUT2D eigenvalue weighted by Gasteiger charge is 2.38. The Morgan fingerprint density at radius 1 is 0.893 bits per heavy atom. The van der Waals surface area contributed by atoms with Crippen molar-refractivity contribution in [3.05, 3.63) is 42.5 Å². The molecule has 0 aliphatic carbocycles. The Bertz CT molecular complexity index is 849. The van der Waals surface area contributed by atoms with Crippen LogP contribution in [0.4, 0.5) is 10.6 Å². The van der Waals surface area contributed by atoms with Gasteiger partial charge in [0.25, 0.3) is 0 Å². The van der Waals surface area contributed by atoms with Crippen molar-refractivity contribution >= 4 is 17.8 Å². The first-order valence-corrected chi connectivity index (χ1v) is 9.46. The number of benzene rings is 1. The fourth-order valence-electron chi connectivity index (χ4n) is 3.78. The number of rotatable bonds is 3. The summed E-state index contributed by atoms with van der Waals surface area (Å²) in [5.41, 5.74) is 1.90. The Morgan fingerprint density at radius 2 is 1.61 bits per heavy atom. The van der Waals surface area contributed by atoms with Gasteiger partial charge in [-0.2, -0.15) is 0 Å². The van der Waals surface area contributed by atoms with Gasteiger partial charge in [0.2, 0.25) is 5.91 Å². The highest BCUT2D eigenvalue weighted by atomic mass is 16.2. The molecule has 2 fully saturated rings. The van der Waals surface area contributed by atoms with E-state index in [2.05, 4.69) is 20.0 Å². The van der Waals surface area contributed by atoms with E-state index in [9.17, 15) is 9.59 Å². The fourth-order valence-corrected chi connectivity index (χ4v) is 3.78. The zero-order valence-electron chi connectivity index (χ0n) is 16.2. The van der Waals surface area contributed by atoms with Crippen molar-refractivity contribution in [2.24, 2.45) is 0 Å². The lowest BCUT2D eigenvalue weighted by Crippen LogP contribution is -2.62. The molecule has 1 unspecified atom stereocenters. The van der Waals surface area contributed by atoms with Crippen LogP contribution in [-0.4, -0.2) is 83.3 Å². The van der Waals surface area contributed by atoms with E-state index in [1.807, 2.05) is 42.5 Å². The highest BCUT2D eigenvalue weighted by molar-refractivity contribution is 5.96. The number of hydrogen-bond acceptors (Lipinski definition) is 6. The van der Waals surface area contributed by atoms with Crippen LogP contribution in [0.1, 0.15) is 6.42 Å². The van der Waals surface area contributed by atoms with Crippen LogP contribution < -0.4 is 4.90 Å². The molecule has 1 aromatic heterocycles. The van der Waals surface area contributed by atoms with Crippen molar-refractivity contribution in [2.45, 2.75) is 12.6 Å². The lowest BCUT2D eigenvalue weighted by atomic mass is 10.1. The van der Waals surface area contributed by atoms with Crippen LogP contribution in [0, 0.1) is 0 Å². The number of piperazine rings is 1. The number of amides is 3. The van der Waals surface area contributed by atoms with Crippen LogP contribution in [0.15, 0.2) is 42.5 Å². The third kappa shape index (κ3) is 3.43. The molecule has 0 saturated carbocycles. The van der Waals surface area contributed by atoms with Crippen molar-refractivity contribution in [3.63, 3.8) is 0 Å². The van der Waals surface area contributed by atoms with Gasteiger partial charge in [0.15, 0.2) is 5.82 Å². The van der Waals surface area contributed by atoms with E-state index in [-0.39, 0.29) is 18.1 Å². The average Bonchev–Trinajstić information content (AvgIpc) is 2.76. The summed E-state index contributed by atoms with van der Waals surface area (Å²) in [7, 11) is 3.29. The molecule has 2 saturated heterocycles. The van der Waals surface area contributed by atoms with E-state index in [0.717, 1.165) is 43.3 Å². The molecule has 4 rings (SSSR count). The molecule has 0 bridgehead atoms. The number of nitrogens with zero attached hydrogens (tertiary/aromatic N) is 6. The van der Waals surface area contributed by atoms with Crippen LogP contribution >= 0.6 is 0 Å². The number of carbonyl (C=O) groups excluding carboxylic acids is 2. The number of aromatic nitrogens is 2. The lowest BCUT2D eigenvalue weighted by molar-refractivity contribution is -0.134. The van der Waals surface area contributed by atoms with E-state index in [4.69, 9.17) is 0 Å². The zero-order chi connectivity index (χ0) is 19.7. The summed E-state index contributed by atoms with van der Waals surface area (Å²) >= 11 is 0. The predicted molar refractivity (Wildman–Crippen MR) is 106 cm³/mol. The van der Waals surface area contributed by atoms with E-state index >= 15 is 0 Å². The first-order valence-electron chi connectivity index (χ1n) is 9.46. The van der Waals surface area contributed by atoms with Crippen LogP contribution in [0.3, 0.4) is 0 Å². The minimum absolute atomic E-state index is 0.127. The van der Waals surface area contributed by atoms with Gasteiger partial charge in [-0.1, -0.05) is 30.3 Å².